The third kappa shape index (κ3) is 6.55. The van der Waals surface area contributed by atoms with Crippen LogP contribution in [-0.2, 0) is 9.22 Å². The highest BCUT2D eigenvalue weighted by Gasteiger charge is 2.28. The van der Waals surface area contributed by atoms with E-state index in [4.69, 9.17) is 4.43 Å². The van der Waals surface area contributed by atoms with E-state index < -0.39 is 8.32 Å². The van der Waals surface area contributed by atoms with Crippen LogP contribution < -0.4 is 0 Å². The lowest BCUT2D eigenvalue weighted by molar-refractivity contribution is -0.109. The van der Waals surface area contributed by atoms with Crippen molar-refractivity contribution in [1.29, 1.82) is 0 Å². The molecule has 0 amide bonds. The van der Waals surface area contributed by atoms with Crippen molar-refractivity contribution in [1.82, 2.24) is 0 Å². The van der Waals surface area contributed by atoms with Gasteiger partial charge in [0.2, 0.25) is 0 Å². The fraction of sp³-hybridized carbons (Fsp3) is 0.889. The van der Waals surface area contributed by atoms with Gasteiger partial charge in [-0.05, 0) is 24.6 Å². The van der Waals surface area contributed by atoms with Crippen molar-refractivity contribution in [2.24, 2.45) is 5.41 Å². The van der Waals surface area contributed by atoms with Gasteiger partial charge in [0.15, 0.2) is 8.32 Å². The molecule has 2 nitrogen and oxygen atoms in total. The second kappa shape index (κ2) is 4.19. The van der Waals surface area contributed by atoms with Gasteiger partial charge in [-0.2, -0.15) is 0 Å². The Bertz CT molecular complexity index is 147. The van der Waals surface area contributed by atoms with E-state index in [0.29, 0.717) is 5.41 Å². The molecule has 0 aliphatic carbocycles. The van der Waals surface area contributed by atoms with E-state index >= 15 is 0 Å². The molecule has 0 heterocycles. The average molecular weight is 188 g/mol. The van der Waals surface area contributed by atoms with Crippen LogP contribution >= 0.6 is 0 Å². The molecule has 0 aromatic heterocycles. The summed E-state index contributed by atoms with van der Waals surface area (Å²) in [5, 5.41) is 0. The quantitative estimate of drug-likeness (QED) is 0.500. The summed E-state index contributed by atoms with van der Waals surface area (Å²) in [5.41, 5.74) is 0.304. The SMILES string of the molecule is CC(C)(C)C[Si](C)(C)OCC=O. The van der Waals surface area contributed by atoms with Crippen molar-refractivity contribution in [3.05, 3.63) is 0 Å². The lowest BCUT2D eigenvalue weighted by Gasteiger charge is -2.29. The van der Waals surface area contributed by atoms with Gasteiger partial charge < -0.3 is 9.22 Å². The summed E-state index contributed by atoms with van der Waals surface area (Å²) >= 11 is 0. The number of carbonyl (C=O) groups is 1. The number of aldehydes is 1. The van der Waals surface area contributed by atoms with Crippen molar-refractivity contribution in [2.45, 2.75) is 39.9 Å². The van der Waals surface area contributed by atoms with Gasteiger partial charge in [-0.15, -0.1) is 0 Å². The highest BCUT2D eigenvalue weighted by molar-refractivity contribution is 6.71. The maximum atomic E-state index is 10.1. The minimum Gasteiger partial charge on any atom is -0.410 e. The van der Waals surface area contributed by atoms with Crippen LogP contribution in [0.2, 0.25) is 19.1 Å². The smallest absolute Gasteiger partial charge is 0.187 e. The monoisotopic (exact) mass is 188 g/mol. The maximum absolute atomic E-state index is 10.1. The molecule has 0 atom stereocenters. The maximum Gasteiger partial charge on any atom is 0.187 e. The summed E-state index contributed by atoms with van der Waals surface area (Å²) in [6.07, 6.45) is 0.831. The predicted molar refractivity (Wildman–Crippen MR) is 53.8 cm³/mol. The van der Waals surface area contributed by atoms with E-state index in [2.05, 4.69) is 33.9 Å². The van der Waals surface area contributed by atoms with Crippen LogP contribution in [0.1, 0.15) is 20.8 Å². The zero-order chi connectivity index (χ0) is 9.83. The van der Waals surface area contributed by atoms with Gasteiger partial charge in [-0.25, -0.2) is 0 Å². The molecular formula is C9H20O2Si. The molecule has 0 spiro atoms. The van der Waals surface area contributed by atoms with Gasteiger partial charge in [-0.3, -0.25) is 0 Å². The molecule has 0 radical (unpaired) electrons. The summed E-state index contributed by atoms with van der Waals surface area (Å²) in [5.74, 6) is 0. The highest BCUT2D eigenvalue weighted by Crippen LogP contribution is 2.27. The molecule has 0 fully saturated rings. The molecule has 0 aromatic carbocycles. The zero-order valence-electron chi connectivity index (χ0n) is 8.81. The Morgan fingerprint density at radius 2 is 1.83 bits per heavy atom. The van der Waals surface area contributed by atoms with E-state index in [1.54, 1.807) is 0 Å². The van der Waals surface area contributed by atoms with Gasteiger partial charge in [0.05, 0.1) is 6.61 Å². The van der Waals surface area contributed by atoms with Crippen LogP contribution in [0.4, 0.5) is 0 Å². The summed E-state index contributed by atoms with van der Waals surface area (Å²) in [6.45, 7) is 11.2. The largest absolute Gasteiger partial charge is 0.410 e. The second-order valence-electron chi connectivity index (χ2n) is 4.97. The molecule has 0 aliphatic rings. The Hall–Kier alpha value is -0.153. The first-order valence-electron chi connectivity index (χ1n) is 4.34. The normalized spacial score (nSPS) is 13.1. The molecule has 0 aromatic rings. The first kappa shape index (κ1) is 11.8. The lowest BCUT2D eigenvalue weighted by Crippen LogP contribution is -2.35. The van der Waals surface area contributed by atoms with E-state index in [0.717, 1.165) is 12.3 Å². The summed E-state index contributed by atoms with van der Waals surface area (Å²) < 4.78 is 5.53. The van der Waals surface area contributed by atoms with Gasteiger partial charge in [0, 0.05) is 0 Å². The Balaban J connectivity index is 3.94. The summed E-state index contributed by atoms with van der Waals surface area (Å²) in [6, 6.07) is 1.09. The standard InChI is InChI=1S/C9H20O2Si/c1-9(2,3)8-12(4,5)11-7-6-10/h6H,7-8H2,1-5H3. The number of rotatable bonds is 4. The fourth-order valence-electron chi connectivity index (χ4n) is 1.59. The Morgan fingerprint density at radius 1 is 1.33 bits per heavy atom. The average Bonchev–Trinajstić information content (AvgIpc) is 1.78. The van der Waals surface area contributed by atoms with Crippen LogP contribution in [0.5, 0.6) is 0 Å². The molecule has 0 bridgehead atoms. The first-order chi connectivity index (χ1) is 5.27. The van der Waals surface area contributed by atoms with E-state index in [1.165, 1.54) is 0 Å². The van der Waals surface area contributed by atoms with Crippen molar-refractivity contribution < 1.29 is 9.22 Å². The molecule has 3 heteroatoms. The van der Waals surface area contributed by atoms with Crippen molar-refractivity contribution in [2.75, 3.05) is 6.61 Å². The number of hydrogen-bond acceptors (Lipinski definition) is 2. The third-order valence-corrected chi connectivity index (χ3v) is 4.36. The third-order valence-electron chi connectivity index (χ3n) is 1.50. The minimum absolute atomic E-state index is 0.259. The van der Waals surface area contributed by atoms with Crippen LogP contribution in [0.25, 0.3) is 0 Å². The molecule has 0 aliphatic heterocycles. The van der Waals surface area contributed by atoms with E-state index in [1.807, 2.05) is 0 Å². The summed E-state index contributed by atoms with van der Waals surface area (Å²) in [7, 11) is -1.59. The van der Waals surface area contributed by atoms with Crippen molar-refractivity contribution in [3.8, 4) is 0 Å². The van der Waals surface area contributed by atoms with Crippen molar-refractivity contribution in [3.63, 3.8) is 0 Å². The van der Waals surface area contributed by atoms with Gasteiger partial charge >= 0.3 is 0 Å². The van der Waals surface area contributed by atoms with Gasteiger partial charge in [-0.1, -0.05) is 20.8 Å². The topological polar surface area (TPSA) is 26.3 Å². The molecule has 0 saturated heterocycles. The predicted octanol–water partition coefficient (Wildman–Crippen LogP) is 2.45. The minimum atomic E-state index is -1.59. The number of carbonyl (C=O) groups excluding carboxylic acids is 1. The van der Waals surface area contributed by atoms with E-state index in [-0.39, 0.29) is 6.61 Å². The molecule has 0 saturated carbocycles. The Morgan fingerprint density at radius 3 is 2.17 bits per heavy atom. The second-order valence-corrected chi connectivity index (χ2v) is 9.14. The first-order valence-corrected chi connectivity index (χ1v) is 7.46. The van der Waals surface area contributed by atoms with Crippen LogP contribution in [0.15, 0.2) is 0 Å². The van der Waals surface area contributed by atoms with Gasteiger partial charge in [0.1, 0.15) is 6.29 Å². The molecule has 72 valence electrons. The van der Waals surface area contributed by atoms with E-state index in [9.17, 15) is 4.79 Å². The zero-order valence-corrected chi connectivity index (χ0v) is 9.81. The highest BCUT2D eigenvalue weighted by atomic mass is 28.4. The number of hydrogen-bond donors (Lipinski definition) is 0. The Labute approximate surface area is 76.4 Å². The summed E-state index contributed by atoms with van der Waals surface area (Å²) in [4.78, 5) is 10.1. The molecule has 0 unspecified atom stereocenters. The Kier molecular flexibility index (Phi) is 4.13. The molecule has 0 rings (SSSR count). The van der Waals surface area contributed by atoms with Crippen LogP contribution in [-0.4, -0.2) is 21.2 Å². The van der Waals surface area contributed by atoms with Crippen LogP contribution in [0, 0.1) is 5.41 Å². The van der Waals surface area contributed by atoms with Gasteiger partial charge in [0.25, 0.3) is 0 Å². The van der Waals surface area contributed by atoms with Crippen LogP contribution in [0.3, 0.4) is 0 Å². The molecular weight excluding hydrogens is 168 g/mol. The molecule has 0 N–H and O–H groups in total. The molecule has 12 heavy (non-hydrogen) atoms. The van der Waals surface area contributed by atoms with Crippen molar-refractivity contribution >= 4 is 14.6 Å². The lowest BCUT2D eigenvalue weighted by atomic mass is 10.0. The fourth-order valence-corrected chi connectivity index (χ4v) is 4.76.